The second kappa shape index (κ2) is 8.15. The molecule has 0 fully saturated rings. The highest BCUT2D eigenvalue weighted by Crippen LogP contribution is 2.22. The first-order valence-electron chi connectivity index (χ1n) is 8.74. The van der Waals surface area contributed by atoms with Crippen LogP contribution in [0.4, 0.5) is 4.39 Å². The molecule has 136 valence electrons. The molecule has 0 aliphatic rings. The van der Waals surface area contributed by atoms with Crippen molar-refractivity contribution in [1.82, 2.24) is 14.9 Å². The molecule has 1 atom stereocenters. The summed E-state index contributed by atoms with van der Waals surface area (Å²) in [5.74, 6) is 1.45. The van der Waals surface area contributed by atoms with Gasteiger partial charge < -0.3 is 9.30 Å². The fourth-order valence-electron chi connectivity index (χ4n) is 2.88. The minimum absolute atomic E-state index is 0.153. The molecule has 1 heterocycles. The molecule has 2 aromatic carbocycles. The van der Waals surface area contributed by atoms with Crippen LogP contribution in [0.1, 0.15) is 36.8 Å². The molecular formula is C21H24FN3O. The van der Waals surface area contributed by atoms with E-state index in [0.717, 1.165) is 22.7 Å². The van der Waals surface area contributed by atoms with E-state index in [4.69, 9.17) is 4.74 Å². The highest BCUT2D eigenvalue weighted by atomic mass is 19.1. The van der Waals surface area contributed by atoms with Crippen molar-refractivity contribution in [2.45, 2.75) is 32.5 Å². The number of halogens is 1. The fraction of sp³-hybridized carbons (Fsp3) is 0.286. The van der Waals surface area contributed by atoms with Gasteiger partial charge in [-0.1, -0.05) is 24.3 Å². The lowest BCUT2D eigenvalue weighted by molar-refractivity contribution is 0.242. The van der Waals surface area contributed by atoms with Crippen LogP contribution in [0, 0.1) is 5.82 Å². The lowest BCUT2D eigenvalue weighted by Crippen LogP contribution is -2.25. The summed E-state index contributed by atoms with van der Waals surface area (Å²) in [6, 6.07) is 14.4. The molecule has 26 heavy (non-hydrogen) atoms. The molecule has 0 radical (unpaired) electrons. The highest BCUT2D eigenvalue weighted by Gasteiger charge is 2.18. The van der Waals surface area contributed by atoms with Crippen LogP contribution in [0.25, 0.3) is 0 Å². The van der Waals surface area contributed by atoms with Crippen molar-refractivity contribution in [3.63, 3.8) is 0 Å². The number of ether oxygens (including phenoxy) is 1. The average molecular weight is 353 g/mol. The van der Waals surface area contributed by atoms with Gasteiger partial charge in [-0.05, 0) is 49.2 Å². The molecule has 1 aromatic heterocycles. The van der Waals surface area contributed by atoms with Gasteiger partial charge in [0.2, 0.25) is 0 Å². The minimum atomic E-state index is -0.251. The Morgan fingerprint density at radius 2 is 1.92 bits per heavy atom. The zero-order chi connectivity index (χ0) is 18.5. The molecule has 0 aliphatic heterocycles. The average Bonchev–Trinajstić information content (AvgIpc) is 3.02. The summed E-state index contributed by atoms with van der Waals surface area (Å²) in [6.45, 7) is 4.65. The van der Waals surface area contributed by atoms with Crippen LogP contribution < -0.4 is 10.1 Å². The van der Waals surface area contributed by atoms with Crippen molar-refractivity contribution in [2.75, 3.05) is 0 Å². The van der Waals surface area contributed by atoms with Gasteiger partial charge >= 0.3 is 0 Å². The number of aromatic nitrogens is 2. The number of rotatable bonds is 7. The van der Waals surface area contributed by atoms with Gasteiger partial charge in [0.05, 0.1) is 12.1 Å². The van der Waals surface area contributed by atoms with Crippen molar-refractivity contribution in [3.8, 4) is 5.75 Å². The molecule has 3 aromatic rings. The van der Waals surface area contributed by atoms with Crippen LogP contribution in [0.3, 0.4) is 0 Å². The maximum Gasteiger partial charge on any atom is 0.130 e. The molecule has 0 bridgehead atoms. The Hall–Kier alpha value is -2.66. The molecule has 0 spiro atoms. The largest absolute Gasteiger partial charge is 0.491 e. The van der Waals surface area contributed by atoms with E-state index < -0.39 is 0 Å². The Kier molecular flexibility index (Phi) is 5.68. The van der Waals surface area contributed by atoms with Gasteiger partial charge in [0.15, 0.2) is 0 Å². The molecule has 0 saturated heterocycles. The molecule has 1 N–H and O–H groups in total. The lowest BCUT2D eigenvalue weighted by atomic mass is 10.1. The van der Waals surface area contributed by atoms with Gasteiger partial charge in [-0.3, -0.25) is 5.32 Å². The zero-order valence-electron chi connectivity index (χ0n) is 15.3. The number of hydrogen-bond donors (Lipinski definition) is 1. The summed E-state index contributed by atoms with van der Waals surface area (Å²) in [6.07, 6.45) is 3.79. The molecular weight excluding hydrogens is 329 g/mol. The predicted octanol–water partition coefficient (Wildman–Crippen LogP) is 4.23. The molecule has 0 saturated carbocycles. The molecule has 5 heteroatoms. The first kappa shape index (κ1) is 18.1. The summed E-state index contributed by atoms with van der Waals surface area (Å²) in [7, 11) is 1.94. The Morgan fingerprint density at radius 1 is 1.15 bits per heavy atom. The molecule has 0 amide bonds. The van der Waals surface area contributed by atoms with Crippen LogP contribution in [0.5, 0.6) is 5.75 Å². The van der Waals surface area contributed by atoms with Crippen LogP contribution >= 0.6 is 0 Å². The SMILES string of the molecule is CC(C)Oc1ccc(CN[C@@H](c2cccc(F)c2)c2nccn2C)cc1. The first-order valence-corrected chi connectivity index (χ1v) is 8.74. The van der Waals surface area contributed by atoms with Crippen LogP contribution in [-0.4, -0.2) is 15.7 Å². The summed E-state index contributed by atoms with van der Waals surface area (Å²) >= 11 is 0. The van der Waals surface area contributed by atoms with Gasteiger partial charge in [0.1, 0.15) is 17.4 Å². The second-order valence-corrected chi connectivity index (χ2v) is 6.58. The van der Waals surface area contributed by atoms with Gasteiger partial charge in [0.25, 0.3) is 0 Å². The second-order valence-electron chi connectivity index (χ2n) is 6.58. The van der Waals surface area contributed by atoms with E-state index in [1.807, 2.05) is 62.0 Å². The number of nitrogens with zero attached hydrogens (tertiary/aromatic N) is 2. The topological polar surface area (TPSA) is 39.1 Å². The van der Waals surface area contributed by atoms with Gasteiger partial charge in [-0.25, -0.2) is 9.37 Å². The number of imidazole rings is 1. The third kappa shape index (κ3) is 4.49. The minimum Gasteiger partial charge on any atom is -0.491 e. The van der Waals surface area contributed by atoms with E-state index in [0.29, 0.717) is 6.54 Å². The lowest BCUT2D eigenvalue weighted by Gasteiger charge is -2.19. The van der Waals surface area contributed by atoms with Crippen molar-refractivity contribution in [1.29, 1.82) is 0 Å². The molecule has 4 nitrogen and oxygen atoms in total. The van der Waals surface area contributed by atoms with Gasteiger partial charge in [0, 0.05) is 26.0 Å². The van der Waals surface area contributed by atoms with E-state index in [1.54, 1.807) is 18.3 Å². The summed E-state index contributed by atoms with van der Waals surface area (Å²) < 4.78 is 21.3. The molecule has 3 rings (SSSR count). The van der Waals surface area contributed by atoms with E-state index in [9.17, 15) is 4.39 Å². The number of aryl methyl sites for hydroxylation is 1. The standard InChI is InChI=1S/C21H24FN3O/c1-15(2)26-19-9-7-16(8-10-19)14-24-20(21-23-11-12-25(21)3)17-5-4-6-18(22)13-17/h4-13,15,20,24H,14H2,1-3H3/t20-/m0/s1. The van der Waals surface area contributed by atoms with Crippen LogP contribution in [0.15, 0.2) is 60.9 Å². The van der Waals surface area contributed by atoms with Crippen molar-refractivity contribution >= 4 is 0 Å². The quantitative estimate of drug-likeness (QED) is 0.691. The van der Waals surface area contributed by atoms with Gasteiger partial charge in [-0.2, -0.15) is 0 Å². The summed E-state index contributed by atoms with van der Waals surface area (Å²) in [4.78, 5) is 4.44. The fourth-order valence-corrected chi connectivity index (χ4v) is 2.88. The van der Waals surface area contributed by atoms with E-state index >= 15 is 0 Å². The highest BCUT2D eigenvalue weighted by molar-refractivity contribution is 5.29. The number of hydrogen-bond acceptors (Lipinski definition) is 3. The third-order valence-electron chi connectivity index (χ3n) is 4.10. The Morgan fingerprint density at radius 3 is 2.54 bits per heavy atom. The maximum atomic E-state index is 13.7. The number of nitrogens with one attached hydrogen (secondary N) is 1. The Bertz CT molecular complexity index is 842. The molecule has 0 unspecified atom stereocenters. The monoisotopic (exact) mass is 353 g/mol. The van der Waals surface area contributed by atoms with E-state index in [1.165, 1.54) is 6.07 Å². The normalized spacial score (nSPS) is 12.3. The van der Waals surface area contributed by atoms with Crippen LogP contribution in [0.2, 0.25) is 0 Å². The van der Waals surface area contributed by atoms with E-state index in [2.05, 4.69) is 10.3 Å². The predicted molar refractivity (Wildman–Crippen MR) is 100 cm³/mol. The maximum absolute atomic E-state index is 13.7. The smallest absolute Gasteiger partial charge is 0.130 e. The van der Waals surface area contributed by atoms with Crippen molar-refractivity contribution < 1.29 is 9.13 Å². The van der Waals surface area contributed by atoms with Crippen molar-refractivity contribution in [3.05, 3.63) is 83.7 Å². The molecule has 0 aliphatic carbocycles. The first-order chi connectivity index (χ1) is 12.5. The summed E-state index contributed by atoms with van der Waals surface area (Å²) in [5, 5.41) is 3.49. The van der Waals surface area contributed by atoms with Crippen molar-refractivity contribution in [2.24, 2.45) is 7.05 Å². The van der Waals surface area contributed by atoms with Crippen LogP contribution in [-0.2, 0) is 13.6 Å². The summed E-state index contributed by atoms with van der Waals surface area (Å²) in [5.41, 5.74) is 1.97. The zero-order valence-corrected chi connectivity index (χ0v) is 15.3. The Labute approximate surface area is 153 Å². The van der Waals surface area contributed by atoms with E-state index in [-0.39, 0.29) is 18.0 Å². The Balaban J connectivity index is 1.77. The number of benzene rings is 2. The third-order valence-corrected chi connectivity index (χ3v) is 4.10. The van der Waals surface area contributed by atoms with Gasteiger partial charge in [-0.15, -0.1) is 0 Å².